The molecule has 1 rings (SSSR count). The second-order valence-electron chi connectivity index (χ2n) is 3.10. The zero-order valence-corrected chi connectivity index (χ0v) is 8.56. The van der Waals surface area contributed by atoms with Crippen molar-refractivity contribution in [1.82, 2.24) is 9.91 Å². The standard InChI is InChI=1S/C8H15N3O3/c1-4-11(5-2)6-8(13,14)7(12)10(3)9-6/h13-14H,4-5H2,1-3H3. The Morgan fingerprint density at radius 3 is 2.21 bits per heavy atom. The molecule has 0 aromatic carbocycles. The van der Waals surface area contributed by atoms with Gasteiger partial charge in [-0.1, -0.05) is 0 Å². The summed E-state index contributed by atoms with van der Waals surface area (Å²) >= 11 is 0. The number of hydrazone groups is 1. The predicted molar refractivity (Wildman–Crippen MR) is 50.3 cm³/mol. The first kappa shape index (κ1) is 10.9. The number of hydrogen-bond acceptors (Lipinski definition) is 5. The molecule has 0 bridgehead atoms. The van der Waals surface area contributed by atoms with Crippen molar-refractivity contribution in [3.63, 3.8) is 0 Å². The maximum absolute atomic E-state index is 11.3. The van der Waals surface area contributed by atoms with Crippen LogP contribution < -0.4 is 0 Å². The van der Waals surface area contributed by atoms with Crippen molar-refractivity contribution in [2.45, 2.75) is 19.6 Å². The Labute approximate surface area is 82.4 Å². The Morgan fingerprint density at radius 1 is 1.43 bits per heavy atom. The highest BCUT2D eigenvalue weighted by molar-refractivity contribution is 6.12. The van der Waals surface area contributed by atoms with Crippen LogP contribution in [-0.4, -0.2) is 57.8 Å². The lowest BCUT2D eigenvalue weighted by atomic mass is 10.2. The molecule has 0 saturated heterocycles. The van der Waals surface area contributed by atoms with Gasteiger partial charge in [0.2, 0.25) is 0 Å². The van der Waals surface area contributed by atoms with Crippen LogP contribution in [0.5, 0.6) is 0 Å². The number of aliphatic hydroxyl groups is 2. The van der Waals surface area contributed by atoms with Crippen LogP contribution in [0.4, 0.5) is 0 Å². The Kier molecular flexibility index (Phi) is 2.77. The van der Waals surface area contributed by atoms with E-state index in [1.165, 1.54) is 7.05 Å². The highest BCUT2D eigenvalue weighted by Crippen LogP contribution is 2.18. The fraction of sp³-hybridized carbons (Fsp3) is 0.750. The molecule has 0 saturated carbocycles. The van der Waals surface area contributed by atoms with E-state index in [0.717, 1.165) is 5.01 Å². The lowest BCUT2D eigenvalue weighted by Crippen LogP contribution is -2.52. The normalized spacial score (nSPS) is 19.9. The fourth-order valence-corrected chi connectivity index (χ4v) is 1.39. The number of amidine groups is 1. The zero-order chi connectivity index (χ0) is 10.9. The van der Waals surface area contributed by atoms with Crippen LogP contribution in [0.25, 0.3) is 0 Å². The van der Waals surface area contributed by atoms with Gasteiger partial charge in [-0.3, -0.25) is 4.79 Å². The fourth-order valence-electron chi connectivity index (χ4n) is 1.39. The third kappa shape index (κ3) is 1.46. The maximum Gasteiger partial charge on any atom is 0.310 e. The molecular formula is C8H15N3O3. The molecule has 0 aromatic heterocycles. The van der Waals surface area contributed by atoms with Crippen molar-refractivity contribution in [3.8, 4) is 0 Å². The number of hydrogen-bond donors (Lipinski definition) is 2. The average Bonchev–Trinajstić information content (AvgIpc) is 2.33. The lowest BCUT2D eigenvalue weighted by Gasteiger charge is -2.25. The van der Waals surface area contributed by atoms with Crippen molar-refractivity contribution < 1.29 is 15.0 Å². The predicted octanol–water partition coefficient (Wildman–Crippen LogP) is -1.21. The van der Waals surface area contributed by atoms with Crippen molar-refractivity contribution in [3.05, 3.63) is 0 Å². The summed E-state index contributed by atoms with van der Waals surface area (Å²) in [5, 5.41) is 23.8. The minimum atomic E-state index is -2.47. The highest BCUT2D eigenvalue weighted by atomic mass is 16.5. The van der Waals surface area contributed by atoms with Crippen molar-refractivity contribution >= 4 is 11.7 Å². The molecule has 1 amide bonds. The number of amides is 1. The minimum Gasteiger partial charge on any atom is -0.354 e. The second kappa shape index (κ2) is 3.55. The summed E-state index contributed by atoms with van der Waals surface area (Å²) in [6.45, 7) is 4.84. The molecule has 1 aliphatic rings. The van der Waals surface area contributed by atoms with Gasteiger partial charge in [0.25, 0.3) is 0 Å². The molecule has 0 aliphatic carbocycles. The highest BCUT2D eigenvalue weighted by Gasteiger charge is 2.49. The molecule has 0 atom stereocenters. The SMILES string of the molecule is CCN(CC)C1=NN(C)C(=O)C1(O)O. The monoisotopic (exact) mass is 201 g/mol. The summed E-state index contributed by atoms with van der Waals surface area (Å²) in [6, 6.07) is 0. The molecule has 0 spiro atoms. The largest absolute Gasteiger partial charge is 0.354 e. The maximum atomic E-state index is 11.3. The van der Waals surface area contributed by atoms with Gasteiger partial charge in [0, 0.05) is 20.1 Å². The Morgan fingerprint density at radius 2 is 1.93 bits per heavy atom. The third-order valence-electron chi connectivity index (χ3n) is 2.21. The Balaban J connectivity index is 2.99. The van der Waals surface area contributed by atoms with Gasteiger partial charge < -0.3 is 15.1 Å². The first-order valence-electron chi connectivity index (χ1n) is 4.52. The van der Waals surface area contributed by atoms with Gasteiger partial charge in [0.15, 0.2) is 5.84 Å². The molecule has 0 unspecified atom stereocenters. The van der Waals surface area contributed by atoms with Crippen LogP contribution in [0, 0.1) is 0 Å². The number of nitrogens with zero attached hydrogens (tertiary/aromatic N) is 3. The van der Waals surface area contributed by atoms with Gasteiger partial charge in [0.1, 0.15) is 0 Å². The van der Waals surface area contributed by atoms with Crippen LogP contribution in [0.15, 0.2) is 5.10 Å². The van der Waals surface area contributed by atoms with Gasteiger partial charge in [-0.15, -0.1) is 0 Å². The summed E-state index contributed by atoms with van der Waals surface area (Å²) in [4.78, 5) is 12.9. The van der Waals surface area contributed by atoms with Crippen LogP contribution in [0.2, 0.25) is 0 Å². The van der Waals surface area contributed by atoms with E-state index >= 15 is 0 Å². The molecule has 80 valence electrons. The van der Waals surface area contributed by atoms with E-state index < -0.39 is 11.7 Å². The summed E-state index contributed by atoms with van der Waals surface area (Å²) in [6.07, 6.45) is 0. The number of rotatable bonds is 2. The molecule has 1 aliphatic heterocycles. The Bertz CT molecular complexity index is 271. The van der Waals surface area contributed by atoms with Gasteiger partial charge >= 0.3 is 11.7 Å². The van der Waals surface area contributed by atoms with E-state index in [-0.39, 0.29) is 5.84 Å². The topological polar surface area (TPSA) is 76.4 Å². The van der Waals surface area contributed by atoms with Gasteiger partial charge in [0.05, 0.1) is 0 Å². The van der Waals surface area contributed by atoms with Crippen LogP contribution in [0.1, 0.15) is 13.8 Å². The Hall–Kier alpha value is -1.14. The molecule has 6 nitrogen and oxygen atoms in total. The number of carbonyl (C=O) groups is 1. The molecule has 0 radical (unpaired) electrons. The van der Waals surface area contributed by atoms with Gasteiger partial charge in [-0.2, -0.15) is 5.10 Å². The molecule has 0 fully saturated rings. The lowest BCUT2D eigenvalue weighted by molar-refractivity contribution is -0.168. The van der Waals surface area contributed by atoms with Gasteiger partial charge in [-0.05, 0) is 13.8 Å². The van der Waals surface area contributed by atoms with Crippen molar-refractivity contribution in [2.75, 3.05) is 20.1 Å². The molecular weight excluding hydrogens is 186 g/mol. The van der Waals surface area contributed by atoms with Crippen molar-refractivity contribution in [2.24, 2.45) is 5.10 Å². The molecule has 6 heteroatoms. The summed E-state index contributed by atoms with van der Waals surface area (Å²) in [5.41, 5.74) is 0. The first-order chi connectivity index (χ1) is 6.45. The van der Waals surface area contributed by atoms with Crippen molar-refractivity contribution in [1.29, 1.82) is 0 Å². The average molecular weight is 201 g/mol. The van der Waals surface area contributed by atoms with E-state index in [2.05, 4.69) is 5.10 Å². The minimum absolute atomic E-state index is 0.00463. The van der Waals surface area contributed by atoms with E-state index in [1.807, 2.05) is 13.8 Å². The van der Waals surface area contributed by atoms with Crippen LogP contribution in [-0.2, 0) is 4.79 Å². The van der Waals surface area contributed by atoms with Crippen LogP contribution in [0.3, 0.4) is 0 Å². The molecule has 1 heterocycles. The van der Waals surface area contributed by atoms with E-state index in [0.29, 0.717) is 13.1 Å². The zero-order valence-electron chi connectivity index (χ0n) is 8.56. The second-order valence-corrected chi connectivity index (χ2v) is 3.10. The van der Waals surface area contributed by atoms with E-state index in [1.54, 1.807) is 4.90 Å². The molecule has 0 aromatic rings. The smallest absolute Gasteiger partial charge is 0.310 e. The summed E-state index contributed by atoms with van der Waals surface area (Å²) in [5.74, 6) is -3.30. The molecule has 14 heavy (non-hydrogen) atoms. The van der Waals surface area contributed by atoms with Crippen LogP contribution >= 0.6 is 0 Å². The molecule has 2 N–H and O–H groups in total. The van der Waals surface area contributed by atoms with E-state index in [9.17, 15) is 15.0 Å². The summed E-state index contributed by atoms with van der Waals surface area (Å²) < 4.78 is 0. The first-order valence-corrected chi connectivity index (χ1v) is 4.52. The number of likely N-dealkylation sites (N-methyl/N-ethyl adjacent to an activating group) is 2. The number of carbonyl (C=O) groups excluding carboxylic acids is 1. The third-order valence-corrected chi connectivity index (χ3v) is 2.21. The van der Waals surface area contributed by atoms with Gasteiger partial charge in [-0.25, -0.2) is 5.01 Å². The summed E-state index contributed by atoms with van der Waals surface area (Å²) in [7, 11) is 1.39. The van der Waals surface area contributed by atoms with E-state index in [4.69, 9.17) is 0 Å². The quantitative estimate of drug-likeness (QED) is 0.550.